The van der Waals surface area contributed by atoms with E-state index in [9.17, 15) is 9.90 Å². The van der Waals surface area contributed by atoms with E-state index in [1.54, 1.807) is 0 Å². The molecule has 0 aromatic carbocycles. The first-order valence-electron chi connectivity index (χ1n) is 8.71. The van der Waals surface area contributed by atoms with Crippen molar-refractivity contribution in [1.82, 2.24) is 4.90 Å². The molecule has 0 aromatic rings. The van der Waals surface area contributed by atoms with Crippen LogP contribution < -0.4 is 0 Å². The Hall–Kier alpha value is -0.610. The van der Waals surface area contributed by atoms with E-state index in [2.05, 4.69) is 20.8 Å². The number of unbranched alkanes of at least 4 members (excludes halogenated alkanes) is 2. The first-order valence-corrected chi connectivity index (χ1v) is 8.71. The van der Waals surface area contributed by atoms with Gasteiger partial charge in [0, 0.05) is 19.5 Å². The summed E-state index contributed by atoms with van der Waals surface area (Å²) < 4.78 is 5.50. The van der Waals surface area contributed by atoms with Crippen LogP contribution in [0.25, 0.3) is 0 Å². The maximum atomic E-state index is 12.1. The Morgan fingerprint density at radius 2 is 2.00 bits per heavy atom. The lowest BCUT2D eigenvalue weighted by molar-refractivity contribution is -0.149. The van der Waals surface area contributed by atoms with Gasteiger partial charge in [-0.05, 0) is 18.8 Å². The normalized spacial score (nSPS) is 24.2. The van der Waals surface area contributed by atoms with Gasteiger partial charge < -0.3 is 9.84 Å². The predicted molar refractivity (Wildman–Crippen MR) is 84.9 cm³/mol. The number of carbonyl (C=O) groups is 1. The van der Waals surface area contributed by atoms with E-state index in [1.165, 1.54) is 12.8 Å². The molecule has 1 aliphatic heterocycles. The summed E-state index contributed by atoms with van der Waals surface area (Å²) >= 11 is 0. The van der Waals surface area contributed by atoms with Gasteiger partial charge in [0.05, 0.1) is 12.5 Å². The van der Waals surface area contributed by atoms with Gasteiger partial charge in [0.2, 0.25) is 0 Å². The van der Waals surface area contributed by atoms with Gasteiger partial charge in [-0.15, -0.1) is 0 Å². The number of aliphatic hydroxyl groups is 1. The Morgan fingerprint density at radius 1 is 1.29 bits per heavy atom. The van der Waals surface area contributed by atoms with Gasteiger partial charge in [0.25, 0.3) is 0 Å². The third kappa shape index (κ3) is 6.35. The number of rotatable bonds is 10. The van der Waals surface area contributed by atoms with Crippen LogP contribution in [0.3, 0.4) is 0 Å². The molecule has 0 amide bonds. The van der Waals surface area contributed by atoms with Crippen molar-refractivity contribution in [2.24, 2.45) is 11.8 Å². The zero-order chi connectivity index (χ0) is 15.7. The van der Waals surface area contributed by atoms with Gasteiger partial charge in [0.1, 0.15) is 6.23 Å². The van der Waals surface area contributed by atoms with E-state index < -0.39 is 6.23 Å². The van der Waals surface area contributed by atoms with Crippen LogP contribution in [0.2, 0.25) is 0 Å². The van der Waals surface area contributed by atoms with Gasteiger partial charge in [-0.3, -0.25) is 9.69 Å². The van der Waals surface area contributed by atoms with Crippen LogP contribution in [0, 0.1) is 11.8 Å². The average molecular weight is 299 g/mol. The Bertz CT molecular complexity index is 296. The maximum Gasteiger partial charge on any atom is 0.310 e. The Morgan fingerprint density at radius 3 is 2.62 bits per heavy atom. The lowest BCUT2D eigenvalue weighted by Gasteiger charge is -2.19. The van der Waals surface area contributed by atoms with Crippen molar-refractivity contribution >= 4 is 5.97 Å². The first kappa shape index (κ1) is 18.4. The molecule has 1 rings (SSSR count). The lowest BCUT2D eigenvalue weighted by Crippen LogP contribution is -2.30. The summed E-state index contributed by atoms with van der Waals surface area (Å²) in [5.41, 5.74) is 0. The fourth-order valence-corrected chi connectivity index (χ4v) is 2.87. The number of hydrogen-bond donors (Lipinski definition) is 1. The predicted octanol–water partition coefficient (Wildman–Crippen LogP) is 3.19. The molecule has 0 saturated carbocycles. The monoisotopic (exact) mass is 299 g/mol. The minimum Gasteiger partial charge on any atom is -0.465 e. The highest BCUT2D eigenvalue weighted by molar-refractivity contribution is 5.73. The zero-order valence-corrected chi connectivity index (χ0v) is 14.0. The molecule has 1 aliphatic rings. The fraction of sp³-hybridized carbons (Fsp3) is 0.941. The largest absolute Gasteiger partial charge is 0.465 e. The van der Waals surface area contributed by atoms with Crippen LogP contribution in [0.15, 0.2) is 0 Å². The Balaban J connectivity index is 2.32. The SMILES string of the molecule is CCCCC(CC)COC(=O)C1CC(O)N(CCCC)C1. The van der Waals surface area contributed by atoms with Crippen LogP contribution in [0.1, 0.15) is 65.7 Å². The second kappa shape index (κ2) is 10.2. The highest BCUT2D eigenvalue weighted by atomic mass is 16.5. The molecule has 4 nitrogen and oxygen atoms in total. The molecule has 1 N–H and O–H groups in total. The van der Waals surface area contributed by atoms with Gasteiger partial charge >= 0.3 is 5.97 Å². The van der Waals surface area contributed by atoms with Crippen molar-refractivity contribution in [3.63, 3.8) is 0 Å². The summed E-state index contributed by atoms with van der Waals surface area (Å²) in [5, 5.41) is 9.99. The van der Waals surface area contributed by atoms with E-state index >= 15 is 0 Å². The van der Waals surface area contributed by atoms with Crippen molar-refractivity contribution in [2.45, 2.75) is 71.9 Å². The van der Waals surface area contributed by atoms with Crippen LogP contribution in [0.5, 0.6) is 0 Å². The Labute approximate surface area is 129 Å². The molecule has 1 heterocycles. The molecule has 0 bridgehead atoms. The molecule has 0 radical (unpaired) electrons. The summed E-state index contributed by atoms with van der Waals surface area (Å²) in [6, 6.07) is 0. The van der Waals surface area contributed by atoms with E-state index in [0.29, 0.717) is 25.5 Å². The van der Waals surface area contributed by atoms with Gasteiger partial charge in [0.15, 0.2) is 0 Å². The third-order valence-corrected chi connectivity index (χ3v) is 4.51. The average Bonchev–Trinajstić information content (AvgIpc) is 2.86. The van der Waals surface area contributed by atoms with E-state index in [0.717, 1.165) is 32.2 Å². The quantitative estimate of drug-likeness (QED) is 0.629. The molecule has 3 unspecified atom stereocenters. The van der Waals surface area contributed by atoms with Crippen molar-refractivity contribution < 1.29 is 14.6 Å². The van der Waals surface area contributed by atoms with Crippen LogP contribution in [-0.4, -0.2) is 41.9 Å². The molecule has 21 heavy (non-hydrogen) atoms. The van der Waals surface area contributed by atoms with Gasteiger partial charge in [-0.1, -0.05) is 46.5 Å². The van der Waals surface area contributed by atoms with Gasteiger partial charge in [-0.2, -0.15) is 0 Å². The number of aliphatic hydroxyl groups excluding tert-OH is 1. The number of likely N-dealkylation sites (tertiary alicyclic amines) is 1. The molecular weight excluding hydrogens is 266 g/mol. The van der Waals surface area contributed by atoms with Crippen LogP contribution >= 0.6 is 0 Å². The molecule has 0 aliphatic carbocycles. The number of esters is 1. The molecule has 3 atom stereocenters. The van der Waals surface area contributed by atoms with E-state index in [4.69, 9.17) is 4.74 Å². The minimum absolute atomic E-state index is 0.122. The fourth-order valence-electron chi connectivity index (χ4n) is 2.87. The molecule has 0 aromatic heterocycles. The van der Waals surface area contributed by atoms with Crippen LogP contribution in [-0.2, 0) is 9.53 Å². The zero-order valence-electron chi connectivity index (χ0n) is 14.0. The molecule has 4 heteroatoms. The topological polar surface area (TPSA) is 49.8 Å². The highest BCUT2D eigenvalue weighted by Crippen LogP contribution is 2.24. The Kier molecular flexibility index (Phi) is 8.93. The first-order chi connectivity index (χ1) is 10.1. The number of nitrogens with zero attached hydrogens (tertiary/aromatic N) is 1. The third-order valence-electron chi connectivity index (χ3n) is 4.51. The number of carbonyl (C=O) groups excluding carboxylic acids is 1. The highest BCUT2D eigenvalue weighted by Gasteiger charge is 2.35. The van der Waals surface area contributed by atoms with Crippen molar-refractivity contribution in [2.75, 3.05) is 19.7 Å². The van der Waals surface area contributed by atoms with Crippen molar-refractivity contribution in [3.05, 3.63) is 0 Å². The van der Waals surface area contributed by atoms with E-state index in [-0.39, 0.29) is 11.9 Å². The molecular formula is C17H33NO3. The molecule has 124 valence electrons. The van der Waals surface area contributed by atoms with Crippen LogP contribution in [0.4, 0.5) is 0 Å². The second-order valence-electron chi connectivity index (χ2n) is 6.31. The molecule has 1 fully saturated rings. The maximum absolute atomic E-state index is 12.1. The van der Waals surface area contributed by atoms with Crippen molar-refractivity contribution in [1.29, 1.82) is 0 Å². The summed E-state index contributed by atoms with van der Waals surface area (Å²) in [5.74, 6) is 0.208. The smallest absolute Gasteiger partial charge is 0.310 e. The minimum atomic E-state index is -0.476. The number of hydrogen-bond acceptors (Lipinski definition) is 4. The van der Waals surface area contributed by atoms with Crippen molar-refractivity contribution in [3.8, 4) is 0 Å². The van der Waals surface area contributed by atoms with Gasteiger partial charge in [-0.25, -0.2) is 0 Å². The lowest BCUT2D eigenvalue weighted by atomic mass is 10.0. The molecule has 0 spiro atoms. The number of ether oxygens (including phenoxy) is 1. The summed E-state index contributed by atoms with van der Waals surface area (Å²) in [6.07, 6.45) is 6.79. The summed E-state index contributed by atoms with van der Waals surface area (Å²) in [6.45, 7) is 8.52. The van der Waals surface area contributed by atoms with E-state index in [1.807, 2.05) is 4.90 Å². The summed E-state index contributed by atoms with van der Waals surface area (Å²) in [4.78, 5) is 14.1. The summed E-state index contributed by atoms with van der Waals surface area (Å²) in [7, 11) is 0. The second-order valence-corrected chi connectivity index (χ2v) is 6.31. The standard InChI is InChI=1S/C17H33NO3/c1-4-7-9-14(6-3)13-21-17(20)15-11-16(19)18(12-15)10-8-5-2/h14-16,19H,4-13H2,1-3H3. The molecule has 1 saturated heterocycles.